The molecule has 21 heavy (non-hydrogen) atoms. The maximum atomic E-state index is 11.6. The van der Waals surface area contributed by atoms with Crippen molar-refractivity contribution in [2.75, 3.05) is 6.61 Å². The van der Waals surface area contributed by atoms with Gasteiger partial charge < -0.3 is 38.8 Å². The highest BCUT2D eigenvalue weighted by molar-refractivity contribution is 7.72. The first-order valence-corrected chi connectivity index (χ1v) is 11.6. The summed E-state index contributed by atoms with van der Waals surface area (Å²) in [5, 5.41) is 1.17. The van der Waals surface area contributed by atoms with Crippen molar-refractivity contribution in [2.45, 2.75) is 18.0 Å². The summed E-state index contributed by atoms with van der Waals surface area (Å²) in [6, 6.07) is 0. The quantitative estimate of drug-likeness (QED) is 0.229. The predicted molar refractivity (Wildman–Crippen MR) is 68.3 cm³/mol. The van der Waals surface area contributed by atoms with Crippen molar-refractivity contribution in [3.8, 4) is 0 Å². The first-order chi connectivity index (χ1) is 9.03. The molecule has 0 radical (unpaired) electrons. The van der Waals surface area contributed by atoms with Crippen molar-refractivity contribution < 1.29 is 57.0 Å². The Hall–Kier alpha value is 0.560. The van der Waals surface area contributed by atoms with Gasteiger partial charge in [0, 0.05) is 0 Å². The monoisotopic (exact) mass is 393 g/mol. The van der Waals surface area contributed by atoms with Crippen LogP contribution in [0, 0.1) is 0 Å². The highest BCUT2D eigenvalue weighted by Gasteiger charge is 2.53. The van der Waals surface area contributed by atoms with Gasteiger partial charge in [0.05, 0.1) is 6.61 Å². The van der Waals surface area contributed by atoms with Gasteiger partial charge >= 0.3 is 30.4 Å². The molecular weight excluding hydrogens is 378 g/mol. The molecule has 0 aromatic rings. The minimum Gasteiger partial charge on any atom is -0.323 e. The molecule has 0 bridgehead atoms. The van der Waals surface area contributed by atoms with Crippen molar-refractivity contribution >= 4 is 30.4 Å². The second kappa shape index (κ2) is 6.98. The Labute approximate surface area is 118 Å². The van der Waals surface area contributed by atoms with E-state index >= 15 is 0 Å². The minimum atomic E-state index is -5.61. The molecule has 0 aliphatic rings. The van der Waals surface area contributed by atoms with Crippen LogP contribution in [0.5, 0.6) is 0 Å². The third-order valence-corrected chi connectivity index (χ3v) is 9.21. The van der Waals surface area contributed by atoms with Gasteiger partial charge in [0.15, 0.2) is 0 Å². The summed E-state index contributed by atoms with van der Waals surface area (Å²) in [7, 11) is -22.0. The van der Waals surface area contributed by atoms with Gasteiger partial charge in [0.2, 0.25) is 11.0 Å². The standard InChI is InChI=1S/C4H15NO12P4/c1-2-17-21(15,16)4(20(12,13)14)5-3(18(6,7)8)19(9,10)11/h3-5H,2H2,1H3,(H,15,16)(H2,6,7,8)(H2,9,10,11)(H2,12,13,14). The zero-order valence-corrected chi connectivity index (χ0v) is 13.9. The summed E-state index contributed by atoms with van der Waals surface area (Å²) in [5.74, 6) is 0. The first kappa shape index (κ1) is 21.6. The van der Waals surface area contributed by atoms with Gasteiger partial charge in [-0.1, -0.05) is 0 Å². The topological polar surface area (TPSA) is 231 Å². The molecule has 0 spiro atoms. The van der Waals surface area contributed by atoms with Crippen LogP contribution in [0.3, 0.4) is 0 Å². The summed E-state index contributed by atoms with van der Waals surface area (Å²) < 4.78 is 49.0. The van der Waals surface area contributed by atoms with Crippen molar-refractivity contribution in [3.05, 3.63) is 0 Å². The van der Waals surface area contributed by atoms with E-state index in [1.165, 1.54) is 12.2 Å². The molecule has 13 nitrogen and oxygen atoms in total. The van der Waals surface area contributed by atoms with Crippen LogP contribution in [0.25, 0.3) is 0 Å². The molecule has 0 fully saturated rings. The Bertz CT molecular complexity index is 519. The van der Waals surface area contributed by atoms with E-state index in [-0.39, 0.29) is 0 Å². The molecule has 0 heterocycles. The molecule has 17 heteroatoms. The van der Waals surface area contributed by atoms with Crippen LogP contribution in [0.15, 0.2) is 0 Å². The lowest BCUT2D eigenvalue weighted by atomic mass is 10.9. The van der Waals surface area contributed by atoms with Gasteiger partial charge in [-0.3, -0.25) is 23.6 Å². The lowest BCUT2D eigenvalue weighted by Gasteiger charge is -2.29. The van der Waals surface area contributed by atoms with Crippen LogP contribution in [0.4, 0.5) is 0 Å². The van der Waals surface area contributed by atoms with E-state index in [1.54, 1.807) is 0 Å². The Morgan fingerprint density at radius 1 is 0.810 bits per heavy atom. The summed E-state index contributed by atoms with van der Waals surface area (Å²) in [6.07, 6.45) is 0. The van der Waals surface area contributed by atoms with Gasteiger partial charge in [-0.25, -0.2) is 0 Å². The molecule has 8 N–H and O–H groups in total. The van der Waals surface area contributed by atoms with Gasteiger partial charge in [-0.15, -0.1) is 0 Å². The predicted octanol–water partition coefficient (Wildman–Crippen LogP) is -1.10. The van der Waals surface area contributed by atoms with E-state index < -0.39 is 48.0 Å². The third-order valence-electron chi connectivity index (χ3n) is 1.88. The number of rotatable bonds is 8. The van der Waals surface area contributed by atoms with Crippen molar-refractivity contribution in [2.24, 2.45) is 0 Å². The fraction of sp³-hybridized carbons (Fsp3) is 1.00. The molecule has 0 aromatic heterocycles. The van der Waals surface area contributed by atoms with E-state index in [4.69, 9.17) is 29.4 Å². The molecule has 0 aliphatic heterocycles. The largest absolute Gasteiger partial charge is 0.357 e. The van der Waals surface area contributed by atoms with Crippen LogP contribution < -0.4 is 5.32 Å². The Kier molecular flexibility index (Phi) is 7.17. The van der Waals surface area contributed by atoms with E-state index in [9.17, 15) is 23.2 Å². The Balaban J connectivity index is 5.81. The summed E-state index contributed by atoms with van der Waals surface area (Å²) in [5.41, 5.74) is -6.00. The third kappa shape index (κ3) is 6.68. The Morgan fingerprint density at radius 2 is 1.14 bits per heavy atom. The smallest absolute Gasteiger partial charge is 0.323 e. The lowest BCUT2D eigenvalue weighted by Crippen LogP contribution is -2.38. The van der Waals surface area contributed by atoms with Gasteiger partial charge in [0.1, 0.15) is 0 Å². The van der Waals surface area contributed by atoms with Crippen molar-refractivity contribution in [1.29, 1.82) is 0 Å². The molecule has 2 atom stereocenters. The normalized spacial score (nSPS) is 18.5. The van der Waals surface area contributed by atoms with E-state index in [2.05, 4.69) is 4.52 Å². The number of hydrogen-bond donors (Lipinski definition) is 8. The maximum Gasteiger partial charge on any atom is 0.357 e. The van der Waals surface area contributed by atoms with Crippen LogP contribution in [-0.4, -0.2) is 51.9 Å². The molecule has 0 saturated carbocycles. The van der Waals surface area contributed by atoms with Crippen LogP contribution >= 0.6 is 30.4 Å². The molecule has 128 valence electrons. The molecular formula is C4H15NO12P4. The van der Waals surface area contributed by atoms with E-state index in [0.717, 1.165) is 0 Å². The molecule has 0 saturated heterocycles. The zero-order valence-electron chi connectivity index (χ0n) is 10.3. The first-order valence-electron chi connectivity index (χ1n) is 4.92. The van der Waals surface area contributed by atoms with Crippen molar-refractivity contribution in [3.63, 3.8) is 0 Å². The van der Waals surface area contributed by atoms with Gasteiger partial charge in [-0.05, 0) is 6.92 Å². The second-order valence-electron chi connectivity index (χ2n) is 3.66. The van der Waals surface area contributed by atoms with Crippen molar-refractivity contribution in [1.82, 2.24) is 5.32 Å². The fourth-order valence-corrected chi connectivity index (χ4v) is 6.80. The SMILES string of the molecule is CCOP(=O)(O)C(NC(P(=O)(O)O)P(=O)(O)O)P(=O)(O)O. The highest BCUT2D eigenvalue weighted by atomic mass is 31.2. The average Bonchev–Trinajstić information content (AvgIpc) is 2.09. The lowest BCUT2D eigenvalue weighted by molar-refractivity contribution is 0.258. The van der Waals surface area contributed by atoms with E-state index in [0.29, 0.717) is 0 Å². The molecule has 2 unspecified atom stereocenters. The molecule has 0 rings (SSSR count). The molecule has 0 aromatic carbocycles. The van der Waals surface area contributed by atoms with Gasteiger partial charge in [0.25, 0.3) is 0 Å². The molecule has 0 aliphatic carbocycles. The minimum absolute atomic E-state index is 0.498. The second-order valence-corrected chi connectivity index (χ2v) is 11.5. The van der Waals surface area contributed by atoms with Crippen LogP contribution in [0.1, 0.15) is 6.92 Å². The average molecular weight is 393 g/mol. The fourth-order valence-electron chi connectivity index (χ4n) is 1.16. The number of hydrogen-bond acceptors (Lipinski definition) is 6. The molecule has 0 amide bonds. The summed E-state index contributed by atoms with van der Waals surface area (Å²) in [6.45, 7) is 0.686. The zero-order chi connectivity index (χ0) is 17.3. The summed E-state index contributed by atoms with van der Waals surface area (Å²) in [4.78, 5) is 62.5. The van der Waals surface area contributed by atoms with Crippen LogP contribution in [0.2, 0.25) is 0 Å². The van der Waals surface area contributed by atoms with Crippen LogP contribution in [-0.2, 0) is 22.8 Å². The summed E-state index contributed by atoms with van der Waals surface area (Å²) >= 11 is 0. The Morgan fingerprint density at radius 3 is 1.38 bits per heavy atom. The van der Waals surface area contributed by atoms with E-state index in [1.807, 2.05) is 0 Å². The van der Waals surface area contributed by atoms with Gasteiger partial charge in [-0.2, -0.15) is 0 Å². The number of nitrogens with one attached hydrogen (secondary N) is 1. The highest BCUT2D eigenvalue weighted by Crippen LogP contribution is 2.65. The maximum absolute atomic E-state index is 11.6.